The molecule has 0 saturated heterocycles. The SMILES string of the molecule is Cc1ccc(S(=O)(=O)N[C@H](Cc2ccccc2)C(=O)NCc2ccc(Cl)cc2Cl)cc1. The van der Waals surface area contributed by atoms with Crippen LogP contribution in [0.1, 0.15) is 16.7 Å². The molecule has 0 radical (unpaired) electrons. The van der Waals surface area contributed by atoms with E-state index in [1.165, 1.54) is 12.1 Å². The van der Waals surface area contributed by atoms with E-state index in [0.717, 1.165) is 11.1 Å². The van der Waals surface area contributed by atoms with E-state index in [4.69, 9.17) is 23.2 Å². The van der Waals surface area contributed by atoms with Gasteiger partial charge in [0.25, 0.3) is 0 Å². The van der Waals surface area contributed by atoms with Gasteiger partial charge in [0, 0.05) is 16.6 Å². The van der Waals surface area contributed by atoms with Crippen LogP contribution < -0.4 is 10.0 Å². The number of amides is 1. The maximum atomic E-state index is 13.0. The molecule has 0 unspecified atom stereocenters. The van der Waals surface area contributed by atoms with Gasteiger partial charge in [-0.05, 0) is 48.7 Å². The van der Waals surface area contributed by atoms with Gasteiger partial charge in [-0.15, -0.1) is 0 Å². The number of carbonyl (C=O) groups is 1. The predicted octanol–water partition coefficient (Wildman–Crippen LogP) is 4.51. The largest absolute Gasteiger partial charge is 0.351 e. The van der Waals surface area contributed by atoms with Gasteiger partial charge in [0.15, 0.2) is 0 Å². The summed E-state index contributed by atoms with van der Waals surface area (Å²) >= 11 is 12.1. The van der Waals surface area contributed by atoms with E-state index >= 15 is 0 Å². The Balaban J connectivity index is 1.79. The number of hydrogen-bond acceptors (Lipinski definition) is 3. The van der Waals surface area contributed by atoms with Gasteiger partial charge in [-0.2, -0.15) is 4.72 Å². The highest BCUT2D eigenvalue weighted by Crippen LogP contribution is 2.21. The van der Waals surface area contributed by atoms with Crippen molar-refractivity contribution >= 4 is 39.1 Å². The van der Waals surface area contributed by atoms with Crippen molar-refractivity contribution in [3.05, 3.63) is 99.5 Å². The summed E-state index contributed by atoms with van der Waals surface area (Å²) in [6.45, 7) is 2.02. The van der Waals surface area contributed by atoms with Gasteiger partial charge >= 0.3 is 0 Å². The van der Waals surface area contributed by atoms with E-state index in [9.17, 15) is 13.2 Å². The summed E-state index contributed by atoms with van der Waals surface area (Å²) in [7, 11) is -3.89. The maximum Gasteiger partial charge on any atom is 0.241 e. The molecule has 162 valence electrons. The molecule has 1 atom stereocenters. The number of nitrogens with one attached hydrogen (secondary N) is 2. The number of hydrogen-bond donors (Lipinski definition) is 2. The van der Waals surface area contributed by atoms with Gasteiger partial charge in [-0.3, -0.25) is 4.79 Å². The normalized spacial score (nSPS) is 12.4. The summed E-state index contributed by atoms with van der Waals surface area (Å²) < 4.78 is 28.3. The molecule has 0 bridgehead atoms. The van der Waals surface area contributed by atoms with Crippen molar-refractivity contribution in [2.75, 3.05) is 0 Å². The van der Waals surface area contributed by atoms with Crippen LogP contribution in [0.5, 0.6) is 0 Å². The van der Waals surface area contributed by atoms with Crippen molar-refractivity contribution in [2.24, 2.45) is 0 Å². The molecule has 0 aromatic heterocycles. The highest BCUT2D eigenvalue weighted by Gasteiger charge is 2.26. The van der Waals surface area contributed by atoms with E-state index in [-0.39, 0.29) is 17.9 Å². The highest BCUT2D eigenvalue weighted by atomic mass is 35.5. The van der Waals surface area contributed by atoms with E-state index in [2.05, 4.69) is 10.0 Å². The van der Waals surface area contributed by atoms with Gasteiger partial charge in [0.1, 0.15) is 6.04 Å². The second-order valence-electron chi connectivity index (χ2n) is 7.13. The minimum atomic E-state index is -3.89. The quantitative estimate of drug-likeness (QED) is 0.502. The zero-order chi connectivity index (χ0) is 22.4. The Kier molecular flexibility index (Phi) is 7.73. The summed E-state index contributed by atoms with van der Waals surface area (Å²) in [5.41, 5.74) is 2.45. The first-order valence-corrected chi connectivity index (χ1v) is 11.8. The third-order valence-electron chi connectivity index (χ3n) is 4.70. The number of carbonyl (C=O) groups excluding carboxylic acids is 1. The molecule has 0 spiro atoms. The van der Waals surface area contributed by atoms with E-state index in [1.807, 2.05) is 37.3 Å². The standard InChI is InChI=1S/C23H22Cl2N2O3S/c1-16-7-11-20(12-8-16)31(29,30)27-22(13-17-5-3-2-4-6-17)23(28)26-15-18-9-10-19(24)14-21(18)25/h2-12,14,22,27H,13,15H2,1H3,(H,26,28)/t22-/m1/s1. The minimum Gasteiger partial charge on any atom is -0.351 e. The van der Waals surface area contributed by atoms with Crippen molar-refractivity contribution in [2.45, 2.75) is 30.8 Å². The van der Waals surface area contributed by atoms with Crippen LogP contribution in [0, 0.1) is 6.92 Å². The molecular weight excluding hydrogens is 455 g/mol. The van der Waals surface area contributed by atoms with Crippen molar-refractivity contribution in [3.8, 4) is 0 Å². The zero-order valence-electron chi connectivity index (χ0n) is 16.8. The van der Waals surface area contributed by atoms with Crippen LogP contribution in [-0.4, -0.2) is 20.4 Å². The monoisotopic (exact) mass is 476 g/mol. The molecule has 1 amide bonds. The van der Waals surface area contributed by atoms with Crippen LogP contribution in [0.3, 0.4) is 0 Å². The molecule has 3 aromatic carbocycles. The molecule has 31 heavy (non-hydrogen) atoms. The van der Waals surface area contributed by atoms with E-state index < -0.39 is 22.0 Å². The van der Waals surface area contributed by atoms with Crippen molar-refractivity contribution < 1.29 is 13.2 Å². The Morgan fingerprint density at radius 1 is 0.968 bits per heavy atom. The lowest BCUT2D eigenvalue weighted by Crippen LogP contribution is -2.47. The van der Waals surface area contributed by atoms with Crippen LogP contribution in [0.15, 0.2) is 77.7 Å². The fraction of sp³-hybridized carbons (Fsp3) is 0.174. The summed E-state index contributed by atoms with van der Waals surface area (Å²) in [4.78, 5) is 13.1. The number of halogens is 2. The average Bonchev–Trinajstić information content (AvgIpc) is 2.73. The first-order chi connectivity index (χ1) is 14.7. The third kappa shape index (κ3) is 6.55. The summed E-state index contributed by atoms with van der Waals surface area (Å²) in [6.07, 6.45) is 0.201. The van der Waals surface area contributed by atoms with E-state index in [1.54, 1.807) is 30.3 Å². The minimum absolute atomic E-state index is 0.102. The van der Waals surface area contributed by atoms with Gasteiger partial charge in [-0.25, -0.2) is 8.42 Å². The molecule has 3 rings (SSSR count). The van der Waals surface area contributed by atoms with Crippen LogP contribution in [-0.2, 0) is 27.8 Å². The summed E-state index contributed by atoms with van der Waals surface area (Å²) in [6, 6.07) is 19.7. The van der Waals surface area contributed by atoms with E-state index in [0.29, 0.717) is 15.6 Å². The number of sulfonamides is 1. The third-order valence-corrected chi connectivity index (χ3v) is 6.77. The summed E-state index contributed by atoms with van der Waals surface area (Å²) in [5.74, 6) is -0.453. The van der Waals surface area contributed by atoms with Gasteiger partial charge in [0.2, 0.25) is 15.9 Å². The highest BCUT2D eigenvalue weighted by molar-refractivity contribution is 7.89. The molecule has 2 N–H and O–H groups in total. The molecule has 0 fully saturated rings. The fourth-order valence-electron chi connectivity index (χ4n) is 2.98. The number of aryl methyl sites for hydroxylation is 1. The maximum absolute atomic E-state index is 13.0. The lowest BCUT2D eigenvalue weighted by molar-refractivity contribution is -0.122. The second-order valence-corrected chi connectivity index (χ2v) is 9.69. The van der Waals surface area contributed by atoms with Crippen LogP contribution in [0.25, 0.3) is 0 Å². The Labute approximate surface area is 192 Å². The van der Waals surface area contributed by atoms with Crippen molar-refractivity contribution in [3.63, 3.8) is 0 Å². The lowest BCUT2D eigenvalue weighted by Gasteiger charge is -2.19. The molecular formula is C23H22Cl2N2O3S. The van der Waals surface area contributed by atoms with Crippen LogP contribution >= 0.6 is 23.2 Å². The molecule has 5 nitrogen and oxygen atoms in total. The average molecular weight is 477 g/mol. The molecule has 0 heterocycles. The Morgan fingerprint density at radius 3 is 2.29 bits per heavy atom. The van der Waals surface area contributed by atoms with Gasteiger partial charge in [-0.1, -0.05) is 77.3 Å². The first-order valence-electron chi connectivity index (χ1n) is 9.59. The molecule has 0 aliphatic carbocycles. The molecule has 8 heteroatoms. The number of rotatable bonds is 8. The number of benzene rings is 3. The van der Waals surface area contributed by atoms with Crippen molar-refractivity contribution in [1.82, 2.24) is 10.0 Å². The topological polar surface area (TPSA) is 75.3 Å². The van der Waals surface area contributed by atoms with Gasteiger partial charge < -0.3 is 5.32 Å². The molecule has 0 saturated carbocycles. The Bertz CT molecular complexity index is 1150. The molecule has 0 aliphatic rings. The second kappa shape index (κ2) is 10.3. The lowest BCUT2D eigenvalue weighted by atomic mass is 10.1. The van der Waals surface area contributed by atoms with Crippen LogP contribution in [0.4, 0.5) is 0 Å². The van der Waals surface area contributed by atoms with Gasteiger partial charge in [0.05, 0.1) is 4.90 Å². The molecule has 0 aliphatic heterocycles. The smallest absolute Gasteiger partial charge is 0.241 e. The Hall–Kier alpha value is -2.38. The molecule has 3 aromatic rings. The van der Waals surface area contributed by atoms with Crippen LogP contribution in [0.2, 0.25) is 10.0 Å². The Morgan fingerprint density at radius 2 is 1.65 bits per heavy atom. The zero-order valence-corrected chi connectivity index (χ0v) is 19.1. The predicted molar refractivity (Wildman–Crippen MR) is 124 cm³/mol. The first kappa shape index (κ1) is 23.3. The van der Waals surface area contributed by atoms with Crippen molar-refractivity contribution in [1.29, 1.82) is 0 Å². The summed E-state index contributed by atoms with van der Waals surface area (Å²) in [5, 5.41) is 3.69. The fourth-order valence-corrected chi connectivity index (χ4v) is 4.65.